The molecule has 3 rings (SSSR count). The van der Waals surface area contributed by atoms with Gasteiger partial charge >= 0.3 is 10.2 Å². The van der Waals surface area contributed by atoms with Crippen molar-refractivity contribution < 1.29 is 13.2 Å². The maximum absolute atomic E-state index is 12.8. The average molecular weight is 349 g/mol. The Morgan fingerprint density at radius 2 is 1.71 bits per heavy atom. The summed E-state index contributed by atoms with van der Waals surface area (Å²) in [5.74, 6) is 0.00949. The smallest absolute Gasteiger partial charge is 0.326 e. The largest absolute Gasteiger partial charge is 0.339 e. The lowest BCUT2D eigenvalue weighted by atomic mass is 10.0. The fourth-order valence-corrected chi connectivity index (χ4v) is 5.00. The fraction of sp³-hybridized carbons (Fsp3) is 0.471. The van der Waals surface area contributed by atoms with E-state index in [1.807, 2.05) is 38.1 Å². The SMILES string of the molecule is CC(C)=CC(=O)N1CCC(N2c3ccccc3N(C)S2(=O)=O)CC1. The molecule has 0 bridgehead atoms. The first-order valence-corrected chi connectivity index (χ1v) is 9.53. The van der Waals surface area contributed by atoms with Gasteiger partial charge in [0.15, 0.2) is 0 Å². The van der Waals surface area contributed by atoms with Gasteiger partial charge in [0.05, 0.1) is 17.4 Å². The van der Waals surface area contributed by atoms with Gasteiger partial charge in [0.2, 0.25) is 5.91 Å². The molecule has 0 spiro atoms. The molecule has 0 atom stereocenters. The van der Waals surface area contributed by atoms with Crippen molar-refractivity contribution in [2.45, 2.75) is 32.7 Å². The highest BCUT2D eigenvalue weighted by atomic mass is 32.2. The number of hydrogen-bond acceptors (Lipinski definition) is 3. The molecule has 1 fully saturated rings. The zero-order valence-corrected chi connectivity index (χ0v) is 15.1. The van der Waals surface area contributed by atoms with Crippen molar-refractivity contribution in [1.29, 1.82) is 0 Å². The monoisotopic (exact) mass is 349 g/mol. The lowest BCUT2D eigenvalue weighted by molar-refractivity contribution is -0.127. The number of anilines is 2. The number of fused-ring (bicyclic) bond motifs is 1. The Kier molecular flexibility index (Phi) is 4.29. The minimum atomic E-state index is -3.53. The van der Waals surface area contributed by atoms with Crippen LogP contribution in [0.4, 0.5) is 11.4 Å². The summed E-state index contributed by atoms with van der Waals surface area (Å²) in [7, 11) is -1.95. The molecule has 2 aliphatic heterocycles. The standard InChI is InChI=1S/C17H23N3O3S/c1-13(2)12-17(21)19-10-8-14(9-11-19)20-16-7-5-4-6-15(16)18(3)24(20,22)23/h4-7,12,14H,8-11H2,1-3H3. The zero-order chi connectivity index (χ0) is 17.5. The van der Waals surface area contributed by atoms with E-state index < -0.39 is 10.2 Å². The summed E-state index contributed by atoms with van der Waals surface area (Å²) in [5, 5.41) is 0. The van der Waals surface area contributed by atoms with Crippen LogP contribution >= 0.6 is 0 Å². The van der Waals surface area contributed by atoms with E-state index in [0.717, 1.165) is 11.3 Å². The van der Waals surface area contributed by atoms with Crippen molar-refractivity contribution in [3.05, 3.63) is 35.9 Å². The normalized spacial score (nSPS) is 20.0. The summed E-state index contributed by atoms with van der Waals surface area (Å²) in [6, 6.07) is 7.25. The second kappa shape index (κ2) is 6.12. The highest BCUT2D eigenvalue weighted by Crippen LogP contribution is 2.42. The molecule has 1 aromatic carbocycles. The number of nitrogens with zero attached hydrogens (tertiary/aromatic N) is 3. The van der Waals surface area contributed by atoms with E-state index in [0.29, 0.717) is 31.6 Å². The highest BCUT2D eigenvalue weighted by molar-refractivity contribution is 7.94. The number of benzene rings is 1. The van der Waals surface area contributed by atoms with Crippen LogP contribution in [0.3, 0.4) is 0 Å². The zero-order valence-electron chi connectivity index (χ0n) is 14.3. The number of carbonyl (C=O) groups excluding carboxylic acids is 1. The molecule has 24 heavy (non-hydrogen) atoms. The molecule has 0 N–H and O–H groups in total. The average Bonchev–Trinajstić information content (AvgIpc) is 2.74. The van der Waals surface area contributed by atoms with Gasteiger partial charge < -0.3 is 4.90 Å². The van der Waals surface area contributed by atoms with Crippen LogP contribution < -0.4 is 8.61 Å². The molecular weight excluding hydrogens is 326 g/mol. The van der Waals surface area contributed by atoms with E-state index in [-0.39, 0.29) is 11.9 Å². The Morgan fingerprint density at radius 1 is 1.12 bits per heavy atom. The van der Waals surface area contributed by atoms with Crippen molar-refractivity contribution in [2.24, 2.45) is 0 Å². The maximum atomic E-state index is 12.8. The van der Waals surface area contributed by atoms with Gasteiger partial charge in [-0.1, -0.05) is 17.7 Å². The molecule has 1 amide bonds. The number of piperidine rings is 1. The van der Waals surface area contributed by atoms with Crippen LogP contribution in [0.5, 0.6) is 0 Å². The first-order chi connectivity index (χ1) is 11.3. The minimum Gasteiger partial charge on any atom is -0.339 e. The van der Waals surface area contributed by atoms with Gasteiger partial charge in [0.25, 0.3) is 0 Å². The number of carbonyl (C=O) groups is 1. The summed E-state index contributed by atoms with van der Waals surface area (Å²) < 4.78 is 28.4. The molecule has 0 aliphatic carbocycles. The molecule has 0 radical (unpaired) electrons. The maximum Gasteiger partial charge on any atom is 0.326 e. The number of hydrogen-bond donors (Lipinski definition) is 0. The Bertz CT molecular complexity index is 776. The molecule has 0 aromatic heterocycles. The van der Waals surface area contributed by atoms with Gasteiger partial charge in [0.1, 0.15) is 0 Å². The fourth-order valence-electron chi connectivity index (χ4n) is 3.34. The Balaban J connectivity index is 1.80. The van der Waals surface area contributed by atoms with Crippen LogP contribution in [0, 0.1) is 0 Å². The number of allylic oxidation sites excluding steroid dienone is 1. The predicted octanol–water partition coefficient (Wildman–Crippen LogP) is 2.14. The van der Waals surface area contributed by atoms with E-state index in [1.165, 1.54) is 8.61 Å². The molecule has 6 nitrogen and oxygen atoms in total. The van der Waals surface area contributed by atoms with Crippen LogP contribution in [-0.2, 0) is 15.0 Å². The lowest BCUT2D eigenvalue weighted by Gasteiger charge is -2.36. The molecule has 7 heteroatoms. The van der Waals surface area contributed by atoms with E-state index >= 15 is 0 Å². The number of amides is 1. The Labute approximate surface area is 143 Å². The van der Waals surface area contributed by atoms with Gasteiger partial charge in [0, 0.05) is 26.2 Å². The number of likely N-dealkylation sites (tertiary alicyclic amines) is 1. The van der Waals surface area contributed by atoms with Crippen molar-refractivity contribution in [2.75, 3.05) is 28.7 Å². The molecule has 2 heterocycles. The molecular formula is C17H23N3O3S. The van der Waals surface area contributed by atoms with E-state index in [1.54, 1.807) is 18.0 Å². The third-order valence-electron chi connectivity index (χ3n) is 4.57. The Hall–Kier alpha value is -2.02. The van der Waals surface area contributed by atoms with Gasteiger partial charge in [-0.05, 0) is 38.8 Å². The van der Waals surface area contributed by atoms with Gasteiger partial charge in [-0.2, -0.15) is 8.42 Å². The van der Waals surface area contributed by atoms with Gasteiger partial charge in [-0.15, -0.1) is 0 Å². The molecule has 0 saturated carbocycles. The van der Waals surface area contributed by atoms with Crippen LogP contribution in [0.2, 0.25) is 0 Å². The Morgan fingerprint density at radius 3 is 2.29 bits per heavy atom. The van der Waals surface area contributed by atoms with Gasteiger partial charge in [-0.25, -0.2) is 4.31 Å². The molecule has 130 valence electrons. The second-order valence-electron chi connectivity index (χ2n) is 6.54. The summed E-state index contributed by atoms with van der Waals surface area (Å²) in [4.78, 5) is 13.9. The predicted molar refractivity (Wildman–Crippen MR) is 95.3 cm³/mol. The number of rotatable bonds is 2. The van der Waals surface area contributed by atoms with Crippen LogP contribution in [0.15, 0.2) is 35.9 Å². The van der Waals surface area contributed by atoms with Crippen molar-refractivity contribution in [3.8, 4) is 0 Å². The van der Waals surface area contributed by atoms with E-state index in [4.69, 9.17) is 0 Å². The molecule has 1 saturated heterocycles. The van der Waals surface area contributed by atoms with Crippen molar-refractivity contribution in [1.82, 2.24) is 4.90 Å². The van der Waals surface area contributed by atoms with E-state index in [2.05, 4.69) is 0 Å². The third kappa shape index (κ3) is 2.77. The number of para-hydroxylation sites is 2. The van der Waals surface area contributed by atoms with E-state index in [9.17, 15) is 13.2 Å². The van der Waals surface area contributed by atoms with Crippen molar-refractivity contribution >= 4 is 27.5 Å². The lowest BCUT2D eigenvalue weighted by Crippen LogP contribution is -2.49. The second-order valence-corrected chi connectivity index (χ2v) is 8.37. The molecule has 2 aliphatic rings. The third-order valence-corrected chi connectivity index (χ3v) is 6.45. The summed E-state index contributed by atoms with van der Waals surface area (Å²) in [6.07, 6.45) is 2.92. The topological polar surface area (TPSA) is 60.9 Å². The quantitative estimate of drug-likeness (QED) is 0.769. The van der Waals surface area contributed by atoms with Crippen LogP contribution in [0.25, 0.3) is 0 Å². The molecule has 1 aromatic rings. The minimum absolute atomic E-state index is 0.00949. The highest BCUT2D eigenvalue weighted by Gasteiger charge is 2.42. The van der Waals surface area contributed by atoms with Gasteiger partial charge in [-0.3, -0.25) is 9.10 Å². The first-order valence-electron chi connectivity index (χ1n) is 8.13. The van der Waals surface area contributed by atoms with Crippen LogP contribution in [0.1, 0.15) is 26.7 Å². The van der Waals surface area contributed by atoms with Crippen LogP contribution in [-0.4, -0.2) is 45.4 Å². The summed E-state index contributed by atoms with van der Waals surface area (Å²) in [6.45, 7) is 4.94. The molecule has 0 unspecified atom stereocenters. The van der Waals surface area contributed by atoms with Crippen molar-refractivity contribution in [3.63, 3.8) is 0 Å². The summed E-state index contributed by atoms with van der Waals surface area (Å²) in [5.41, 5.74) is 2.41. The summed E-state index contributed by atoms with van der Waals surface area (Å²) >= 11 is 0. The first kappa shape index (κ1) is 16.8.